The summed E-state index contributed by atoms with van der Waals surface area (Å²) in [6, 6.07) is 17.3. The van der Waals surface area contributed by atoms with Gasteiger partial charge in [0.2, 0.25) is 5.91 Å². The molecule has 0 saturated heterocycles. The van der Waals surface area contributed by atoms with E-state index in [9.17, 15) is 4.79 Å². The van der Waals surface area contributed by atoms with E-state index in [0.29, 0.717) is 19.3 Å². The molecule has 1 N–H and O–H groups in total. The number of furan rings is 1. The summed E-state index contributed by atoms with van der Waals surface area (Å²) in [6.45, 7) is 0. The smallest absolute Gasteiger partial charge is 0.224 e. The first kappa shape index (κ1) is 16.1. The molecule has 0 aliphatic rings. The van der Waals surface area contributed by atoms with E-state index in [2.05, 4.69) is 15.5 Å². The van der Waals surface area contributed by atoms with Gasteiger partial charge >= 0.3 is 0 Å². The molecule has 26 heavy (non-hydrogen) atoms. The first-order valence-electron chi connectivity index (χ1n) is 8.48. The van der Waals surface area contributed by atoms with Gasteiger partial charge in [0.15, 0.2) is 5.65 Å². The first-order valence-corrected chi connectivity index (χ1v) is 8.48. The van der Waals surface area contributed by atoms with E-state index < -0.39 is 0 Å². The first-order chi connectivity index (χ1) is 12.8. The average Bonchev–Trinajstić information content (AvgIpc) is 3.32. The number of carbonyl (C=O) groups is 1. The number of nitrogens with zero attached hydrogens (tertiary/aromatic N) is 3. The van der Waals surface area contributed by atoms with E-state index in [1.165, 1.54) is 0 Å². The molecule has 4 aromatic rings. The summed E-state index contributed by atoms with van der Waals surface area (Å²) in [7, 11) is 0. The highest BCUT2D eigenvalue weighted by molar-refractivity contribution is 5.90. The van der Waals surface area contributed by atoms with Crippen LogP contribution in [0.5, 0.6) is 0 Å². The van der Waals surface area contributed by atoms with E-state index in [0.717, 1.165) is 28.5 Å². The van der Waals surface area contributed by atoms with Crippen LogP contribution in [0.2, 0.25) is 0 Å². The maximum atomic E-state index is 12.0. The van der Waals surface area contributed by atoms with Gasteiger partial charge < -0.3 is 9.73 Å². The van der Waals surface area contributed by atoms with Gasteiger partial charge in [-0.25, -0.2) is 0 Å². The molecular weight excluding hydrogens is 328 g/mol. The molecule has 0 fully saturated rings. The van der Waals surface area contributed by atoms with Crippen molar-refractivity contribution in [2.75, 3.05) is 5.32 Å². The van der Waals surface area contributed by atoms with Crippen molar-refractivity contribution in [2.24, 2.45) is 0 Å². The number of nitrogens with one attached hydrogen (secondary N) is 1. The summed E-state index contributed by atoms with van der Waals surface area (Å²) in [5.74, 6) is 1.67. The number of anilines is 1. The maximum absolute atomic E-state index is 12.0. The summed E-state index contributed by atoms with van der Waals surface area (Å²) in [4.78, 5) is 12.0. The van der Waals surface area contributed by atoms with Gasteiger partial charge in [0.05, 0.1) is 6.26 Å². The molecule has 0 radical (unpaired) electrons. The van der Waals surface area contributed by atoms with Crippen molar-refractivity contribution >= 4 is 17.2 Å². The fourth-order valence-corrected chi connectivity index (χ4v) is 2.82. The Kier molecular flexibility index (Phi) is 4.47. The zero-order chi connectivity index (χ0) is 17.8. The van der Waals surface area contributed by atoms with Gasteiger partial charge in [0.25, 0.3) is 0 Å². The number of rotatable bonds is 6. The van der Waals surface area contributed by atoms with Crippen LogP contribution in [-0.4, -0.2) is 20.5 Å². The maximum Gasteiger partial charge on any atom is 0.224 e. The minimum atomic E-state index is -0.0300. The fourth-order valence-electron chi connectivity index (χ4n) is 2.82. The molecular formula is C20H18N4O2. The van der Waals surface area contributed by atoms with Crippen LogP contribution >= 0.6 is 0 Å². The molecule has 6 heteroatoms. The van der Waals surface area contributed by atoms with Crippen LogP contribution in [0.3, 0.4) is 0 Å². The van der Waals surface area contributed by atoms with Gasteiger partial charge in [-0.3, -0.25) is 9.20 Å². The highest BCUT2D eigenvalue weighted by atomic mass is 16.3. The number of pyridine rings is 1. The second-order valence-electron chi connectivity index (χ2n) is 6.05. The largest absolute Gasteiger partial charge is 0.469 e. The number of hydrogen-bond acceptors (Lipinski definition) is 4. The summed E-state index contributed by atoms with van der Waals surface area (Å²) in [5, 5.41) is 11.3. The molecule has 0 aliphatic carbocycles. The molecule has 0 bridgehead atoms. The lowest BCUT2D eigenvalue weighted by atomic mass is 10.1. The highest BCUT2D eigenvalue weighted by Crippen LogP contribution is 2.14. The lowest BCUT2D eigenvalue weighted by molar-refractivity contribution is -0.116. The molecule has 1 aromatic carbocycles. The molecule has 130 valence electrons. The van der Waals surface area contributed by atoms with E-state index in [-0.39, 0.29) is 5.91 Å². The van der Waals surface area contributed by atoms with Crippen molar-refractivity contribution in [1.29, 1.82) is 0 Å². The monoisotopic (exact) mass is 346 g/mol. The molecule has 1 amide bonds. The zero-order valence-corrected chi connectivity index (χ0v) is 14.1. The summed E-state index contributed by atoms with van der Waals surface area (Å²) >= 11 is 0. The SMILES string of the molecule is O=C(CCc1ccco1)Nc1ccc(Cc2nnc3ccccn23)cc1. The second-order valence-corrected chi connectivity index (χ2v) is 6.05. The van der Waals surface area contributed by atoms with Crippen LogP contribution in [0, 0.1) is 0 Å². The standard InChI is InChI=1S/C20H18N4O2/c25-20(11-10-17-4-3-13-26-17)21-16-8-6-15(7-9-16)14-19-23-22-18-5-1-2-12-24(18)19/h1-9,12-13H,10-11,14H2,(H,21,25). The molecule has 0 aliphatic heterocycles. The minimum absolute atomic E-state index is 0.0300. The van der Waals surface area contributed by atoms with Crippen molar-refractivity contribution < 1.29 is 9.21 Å². The molecule has 4 rings (SSSR count). The lowest BCUT2D eigenvalue weighted by Crippen LogP contribution is -2.12. The van der Waals surface area contributed by atoms with Crippen LogP contribution in [0.4, 0.5) is 5.69 Å². The number of carbonyl (C=O) groups excluding carboxylic acids is 1. The number of aryl methyl sites for hydroxylation is 1. The van der Waals surface area contributed by atoms with E-state index >= 15 is 0 Å². The van der Waals surface area contributed by atoms with Crippen LogP contribution in [0.1, 0.15) is 23.6 Å². The van der Waals surface area contributed by atoms with Crippen molar-refractivity contribution in [1.82, 2.24) is 14.6 Å². The highest BCUT2D eigenvalue weighted by Gasteiger charge is 2.07. The number of aromatic nitrogens is 3. The number of hydrogen-bond donors (Lipinski definition) is 1. The molecule has 0 unspecified atom stereocenters. The van der Waals surface area contributed by atoms with Crippen molar-refractivity contribution in [3.63, 3.8) is 0 Å². The molecule has 3 aromatic heterocycles. The van der Waals surface area contributed by atoms with E-state index in [4.69, 9.17) is 4.42 Å². The Morgan fingerprint density at radius 1 is 1.04 bits per heavy atom. The summed E-state index contributed by atoms with van der Waals surface area (Å²) in [6.07, 6.45) is 5.23. The molecule has 0 spiro atoms. The van der Waals surface area contributed by atoms with Gasteiger partial charge in [-0.2, -0.15) is 0 Å². The van der Waals surface area contributed by atoms with Crippen LogP contribution in [0.15, 0.2) is 71.5 Å². The quantitative estimate of drug-likeness (QED) is 0.580. The Hall–Kier alpha value is -3.41. The van der Waals surface area contributed by atoms with Gasteiger partial charge in [0.1, 0.15) is 11.6 Å². The average molecular weight is 346 g/mol. The molecule has 0 atom stereocenters. The lowest BCUT2D eigenvalue weighted by Gasteiger charge is -2.06. The Bertz CT molecular complexity index is 1000. The van der Waals surface area contributed by atoms with Crippen molar-refractivity contribution in [3.05, 3.63) is 84.2 Å². The minimum Gasteiger partial charge on any atom is -0.469 e. The Balaban J connectivity index is 1.36. The molecule has 6 nitrogen and oxygen atoms in total. The predicted octanol–water partition coefficient (Wildman–Crippen LogP) is 3.48. The van der Waals surface area contributed by atoms with Gasteiger partial charge in [-0.1, -0.05) is 18.2 Å². The van der Waals surface area contributed by atoms with Crippen molar-refractivity contribution in [2.45, 2.75) is 19.3 Å². The Morgan fingerprint density at radius 2 is 1.92 bits per heavy atom. The van der Waals surface area contributed by atoms with Crippen LogP contribution in [-0.2, 0) is 17.6 Å². The number of amides is 1. The van der Waals surface area contributed by atoms with Gasteiger partial charge in [-0.15, -0.1) is 10.2 Å². The zero-order valence-electron chi connectivity index (χ0n) is 14.1. The van der Waals surface area contributed by atoms with Crippen molar-refractivity contribution in [3.8, 4) is 0 Å². The normalized spacial score (nSPS) is 10.9. The van der Waals surface area contributed by atoms with E-state index in [1.54, 1.807) is 6.26 Å². The molecule has 3 heterocycles. The van der Waals surface area contributed by atoms with Gasteiger partial charge in [-0.05, 0) is 42.0 Å². The fraction of sp³-hybridized carbons (Fsp3) is 0.150. The Labute approximate surface area is 150 Å². The molecule has 0 saturated carbocycles. The third-order valence-corrected chi connectivity index (χ3v) is 4.16. The predicted molar refractivity (Wildman–Crippen MR) is 97.9 cm³/mol. The Morgan fingerprint density at radius 3 is 2.73 bits per heavy atom. The topological polar surface area (TPSA) is 72.4 Å². The summed E-state index contributed by atoms with van der Waals surface area (Å²) < 4.78 is 7.21. The van der Waals surface area contributed by atoms with Crippen LogP contribution in [0.25, 0.3) is 5.65 Å². The van der Waals surface area contributed by atoms with Gasteiger partial charge in [0, 0.05) is 31.1 Å². The second kappa shape index (κ2) is 7.23. The number of fused-ring (bicyclic) bond motifs is 1. The van der Waals surface area contributed by atoms with Crippen LogP contribution < -0.4 is 5.32 Å². The summed E-state index contributed by atoms with van der Waals surface area (Å²) in [5.41, 5.74) is 2.73. The number of benzene rings is 1. The third-order valence-electron chi connectivity index (χ3n) is 4.16. The third kappa shape index (κ3) is 3.64. The van der Waals surface area contributed by atoms with E-state index in [1.807, 2.05) is 65.2 Å².